The molecule has 0 radical (unpaired) electrons. The molecular weight excluding hydrogens is 324 g/mol. The number of hydrogen-bond donors (Lipinski definition) is 3. The van der Waals surface area contributed by atoms with Crippen LogP contribution in [0.4, 0.5) is 0 Å². The summed E-state index contributed by atoms with van der Waals surface area (Å²) in [5.74, 6) is -1.80. The molecule has 0 aromatic heterocycles. The summed E-state index contributed by atoms with van der Waals surface area (Å²) < 4.78 is 0.877. The van der Waals surface area contributed by atoms with Crippen LogP contribution in [0.25, 0.3) is 6.08 Å². The molecular formula is C15H11BrO4. The van der Waals surface area contributed by atoms with E-state index in [1.165, 1.54) is 6.08 Å². The van der Waals surface area contributed by atoms with Crippen LogP contribution in [0.3, 0.4) is 0 Å². The molecule has 0 bridgehead atoms. The highest BCUT2D eigenvalue weighted by Crippen LogP contribution is 2.32. The number of phenols is 3. The van der Waals surface area contributed by atoms with E-state index in [0.29, 0.717) is 0 Å². The lowest BCUT2D eigenvalue weighted by molar-refractivity contribution is 0.104. The molecule has 0 saturated heterocycles. The van der Waals surface area contributed by atoms with Crippen molar-refractivity contribution in [1.29, 1.82) is 0 Å². The molecule has 3 N–H and O–H groups in total. The van der Waals surface area contributed by atoms with Gasteiger partial charge in [-0.05, 0) is 23.8 Å². The van der Waals surface area contributed by atoms with E-state index in [0.717, 1.165) is 22.2 Å². The number of allylic oxidation sites excluding steroid dienone is 1. The lowest BCUT2D eigenvalue weighted by atomic mass is 10.1. The van der Waals surface area contributed by atoms with Gasteiger partial charge in [0, 0.05) is 16.6 Å². The fourth-order valence-electron chi connectivity index (χ4n) is 1.72. The summed E-state index contributed by atoms with van der Waals surface area (Å²) in [5, 5.41) is 28.4. The zero-order valence-corrected chi connectivity index (χ0v) is 11.8. The molecule has 0 atom stereocenters. The van der Waals surface area contributed by atoms with Crippen molar-refractivity contribution in [3.63, 3.8) is 0 Å². The Morgan fingerprint density at radius 3 is 2.30 bits per heavy atom. The second kappa shape index (κ2) is 5.79. The van der Waals surface area contributed by atoms with Crippen molar-refractivity contribution in [2.24, 2.45) is 0 Å². The zero-order chi connectivity index (χ0) is 14.7. The molecule has 102 valence electrons. The van der Waals surface area contributed by atoms with Crippen molar-refractivity contribution >= 4 is 27.8 Å². The van der Waals surface area contributed by atoms with E-state index in [1.807, 2.05) is 24.3 Å². The third kappa shape index (κ3) is 3.19. The Balaban J connectivity index is 2.29. The topological polar surface area (TPSA) is 77.8 Å². The van der Waals surface area contributed by atoms with E-state index in [1.54, 1.807) is 6.08 Å². The monoisotopic (exact) mass is 334 g/mol. The minimum atomic E-state index is -0.556. The number of rotatable bonds is 3. The van der Waals surface area contributed by atoms with Gasteiger partial charge in [0.05, 0.1) is 0 Å². The average molecular weight is 335 g/mol. The molecule has 0 saturated carbocycles. The maximum atomic E-state index is 12.0. The normalized spacial score (nSPS) is 10.8. The predicted octanol–water partition coefficient (Wildman–Crippen LogP) is 3.46. The molecule has 0 amide bonds. The van der Waals surface area contributed by atoms with Crippen LogP contribution >= 0.6 is 15.9 Å². The zero-order valence-electron chi connectivity index (χ0n) is 10.2. The van der Waals surface area contributed by atoms with Crippen LogP contribution in [-0.4, -0.2) is 21.1 Å². The largest absolute Gasteiger partial charge is 0.508 e. The van der Waals surface area contributed by atoms with Crippen LogP contribution in [0.15, 0.2) is 46.9 Å². The van der Waals surface area contributed by atoms with Crippen LogP contribution in [0, 0.1) is 0 Å². The SMILES string of the molecule is O=C(/C=C/c1cccc(Br)c1)c1c(O)cc(O)cc1O. The first-order chi connectivity index (χ1) is 9.47. The number of phenolic OH excluding ortho intramolecular Hbond substituents is 3. The Morgan fingerprint density at radius 2 is 1.70 bits per heavy atom. The number of carbonyl (C=O) groups is 1. The molecule has 2 aromatic carbocycles. The van der Waals surface area contributed by atoms with Crippen molar-refractivity contribution in [3.8, 4) is 17.2 Å². The molecule has 5 heteroatoms. The van der Waals surface area contributed by atoms with Gasteiger partial charge >= 0.3 is 0 Å². The highest BCUT2D eigenvalue weighted by Gasteiger charge is 2.15. The van der Waals surface area contributed by atoms with Crippen LogP contribution in [-0.2, 0) is 0 Å². The van der Waals surface area contributed by atoms with Gasteiger partial charge < -0.3 is 15.3 Å². The summed E-state index contributed by atoms with van der Waals surface area (Å²) in [7, 11) is 0. The van der Waals surface area contributed by atoms with Crippen molar-refractivity contribution in [2.75, 3.05) is 0 Å². The lowest BCUT2D eigenvalue weighted by Crippen LogP contribution is -1.95. The van der Waals surface area contributed by atoms with Crippen LogP contribution in [0.2, 0.25) is 0 Å². The Labute approximate surface area is 123 Å². The van der Waals surface area contributed by atoms with Gasteiger partial charge in [0.2, 0.25) is 0 Å². The van der Waals surface area contributed by atoms with E-state index in [9.17, 15) is 20.1 Å². The highest BCUT2D eigenvalue weighted by atomic mass is 79.9. The fraction of sp³-hybridized carbons (Fsp3) is 0. The maximum Gasteiger partial charge on any atom is 0.193 e. The molecule has 0 aliphatic carbocycles. The highest BCUT2D eigenvalue weighted by molar-refractivity contribution is 9.10. The maximum absolute atomic E-state index is 12.0. The molecule has 0 aliphatic rings. The molecule has 0 unspecified atom stereocenters. The van der Waals surface area contributed by atoms with Crippen LogP contribution in [0.5, 0.6) is 17.2 Å². The standard InChI is InChI=1S/C15H11BrO4/c16-10-3-1-2-9(6-10)4-5-12(18)15-13(19)7-11(17)8-14(15)20/h1-8,17,19-20H/b5-4+. The number of carbonyl (C=O) groups excluding carboxylic acids is 1. The second-order valence-corrected chi connectivity index (χ2v) is 5.03. The molecule has 0 spiro atoms. The molecule has 20 heavy (non-hydrogen) atoms. The molecule has 4 nitrogen and oxygen atoms in total. The van der Waals surface area contributed by atoms with Gasteiger partial charge in [-0.25, -0.2) is 0 Å². The molecule has 0 heterocycles. The van der Waals surface area contributed by atoms with Crippen LogP contribution < -0.4 is 0 Å². The Morgan fingerprint density at radius 1 is 1.05 bits per heavy atom. The third-order valence-electron chi connectivity index (χ3n) is 2.60. The smallest absolute Gasteiger partial charge is 0.193 e. The molecule has 2 rings (SSSR count). The lowest BCUT2D eigenvalue weighted by Gasteiger charge is -2.04. The third-order valence-corrected chi connectivity index (χ3v) is 3.10. The average Bonchev–Trinajstić information content (AvgIpc) is 2.35. The van der Waals surface area contributed by atoms with Crippen LogP contribution in [0.1, 0.15) is 15.9 Å². The number of hydrogen-bond acceptors (Lipinski definition) is 4. The van der Waals surface area contributed by atoms with Gasteiger partial charge in [0.15, 0.2) is 5.78 Å². The predicted molar refractivity (Wildman–Crippen MR) is 78.9 cm³/mol. The molecule has 0 fully saturated rings. The van der Waals surface area contributed by atoms with Gasteiger partial charge in [0.25, 0.3) is 0 Å². The summed E-state index contributed by atoms with van der Waals surface area (Å²) in [6, 6.07) is 9.31. The van der Waals surface area contributed by atoms with E-state index in [2.05, 4.69) is 15.9 Å². The summed E-state index contributed by atoms with van der Waals surface area (Å²) in [5.41, 5.74) is 0.555. The van der Waals surface area contributed by atoms with E-state index in [4.69, 9.17) is 0 Å². The minimum absolute atomic E-state index is 0.242. The second-order valence-electron chi connectivity index (χ2n) is 4.11. The summed E-state index contributed by atoms with van der Waals surface area (Å²) in [4.78, 5) is 12.0. The van der Waals surface area contributed by atoms with E-state index < -0.39 is 17.3 Å². The number of benzene rings is 2. The van der Waals surface area contributed by atoms with Gasteiger partial charge in [-0.15, -0.1) is 0 Å². The van der Waals surface area contributed by atoms with Crippen molar-refractivity contribution in [2.45, 2.75) is 0 Å². The van der Waals surface area contributed by atoms with Gasteiger partial charge in [-0.2, -0.15) is 0 Å². The summed E-state index contributed by atoms with van der Waals surface area (Å²) in [6.07, 6.45) is 2.81. The van der Waals surface area contributed by atoms with Crippen molar-refractivity contribution < 1.29 is 20.1 Å². The van der Waals surface area contributed by atoms with Crippen molar-refractivity contribution in [3.05, 3.63) is 58.1 Å². The summed E-state index contributed by atoms with van der Waals surface area (Å²) >= 11 is 3.32. The molecule has 0 aliphatic heterocycles. The van der Waals surface area contributed by atoms with Gasteiger partial charge in [-0.3, -0.25) is 4.79 Å². The van der Waals surface area contributed by atoms with Crippen molar-refractivity contribution in [1.82, 2.24) is 0 Å². The van der Waals surface area contributed by atoms with E-state index in [-0.39, 0.29) is 11.3 Å². The first-order valence-corrected chi connectivity index (χ1v) is 6.49. The Bertz CT molecular complexity index is 669. The number of aromatic hydroxyl groups is 3. The van der Waals surface area contributed by atoms with Gasteiger partial charge in [-0.1, -0.05) is 34.1 Å². The van der Waals surface area contributed by atoms with Gasteiger partial charge in [0.1, 0.15) is 22.8 Å². The first-order valence-electron chi connectivity index (χ1n) is 5.70. The fourth-order valence-corrected chi connectivity index (χ4v) is 2.13. The Kier molecular flexibility index (Phi) is 4.10. The Hall–Kier alpha value is -2.27. The summed E-state index contributed by atoms with van der Waals surface area (Å²) in [6.45, 7) is 0. The quantitative estimate of drug-likeness (QED) is 0.593. The number of ketones is 1. The molecule has 2 aromatic rings. The number of halogens is 1. The minimum Gasteiger partial charge on any atom is -0.508 e. The first kappa shape index (κ1) is 14.1. The van der Waals surface area contributed by atoms with E-state index >= 15 is 0 Å².